The molecule has 1 N–H and O–H groups in total. The molecule has 3 heterocycles. The second-order valence-electron chi connectivity index (χ2n) is 6.37. The first-order valence-corrected chi connectivity index (χ1v) is 8.32. The van der Waals surface area contributed by atoms with Gasteiger partial charge in [0, 0.05) is 30.8 Å². The Kier molecular flexibility index (Phi) is 4.78. The van der Waals surface area contributed by atoms with Crippen LogP contribution in [0.4, 0.5) is 11.5 Å². The fourth-order valence-electron chi connectivity index (χ4n) is 2.95. The van der Waals surface area contributed by atoms with Crippen molar-refractivity contribution < 1.29 is 0 Å². The van der Waals surface area contributed by atoms with Gasteiger partial charge in [-0.05, 0) is 45.4 Å². The Balaban J connectivity index is 1.82. The Hall–Kier alpha value is -1.72. The molecule has 0 aliphatic carbocycles. The molecule has 2 aromatic rings. The molecule has 0 saturated carbocycles. The number of anilines is 2. The number of pyridine rings is 1. The van der Waals surface area contributed by atoms with Crippen LogP contribution in [-0.4, -0.2) is 39.5 Å². The van der Waals surface area contributed by atoms with Crippen LogP contribution >= 0.6 is 11.6 Å². The predicted molar refractivity (Wildman–Crippen MR) is 93.4 cm³/mol. The first-order chi connectivity index (χ1) is 11.0. The number of aryl methyl sites for hydroxylation is 1. The number of hydrogen-bond donors (Lipinski definition) is 1. The quantitative estimate of drug-likeness (QED) is 0.867. The van der Waals surface area contributed by atoms with Gasteiger partial charge in [-0.1, -0.05) is 11.6 Å². The van der Waals surface area contributed by atoms with E-state index in [-0.39, 0.29) is 0 Å². The predicted octanol–water partition coefficient (Wildman–Crippen LogP) is 3.77. The van der Waals surface area contributed by atoms with Crippen LogP contribution in [0.1, 0.15) is 37.1 Å². The molecule has 23 heavy (non-hydrogen) atoms. The van der Waals surface area contributed by atoms with Crippen LogP contribution in [0.15, 0.2) is 24.5 Å². The summed E-state index contributed by atoms with van der Waals surface area (Å²) in [4.78, 5) is 15.7. The number of piperidine rings is 1. The molecular formula is C17H22ClN5. The van der Waals surface area contributed by atoms with Crippen LogP contribution < -0.4 is 5.32 Å². The highest BCUT2D eigenvalue weighted by molar-refractivity contribution is 6.29. The molecule has 0 radical (unpaired) electrons. The van der Waals surface area contributed by atoms with Gasteiger partial charge in [0.2, 0.25) is 0 Å². The standard InChI is InChI=1S/C17H22ClN5/c1-11-6-14(9-19-8-11)20-16-7-15(18)21-17(22-16)13-5-4-12(2)23(3)10-13/h6-9,12-13H,4-5,10H2,1-3H3,(H,20,21,22). The number of nitrogens with zero attached hydrogens (tertiary/aromatic N) is 4. The van der Waals surface area contributed by atoms with Crippen LogP contribution in [-0.2, 0) is 0 Å². The van der Waals surface area contributed by atoms with Crippen molar-refractivity contribution in [3.8, 4) is 0 Å². The molecule has 1 aliphatic rings. The molecule has 2 atom stereocenters. The van der Waals surface area contributed by atoms with Gasteiger partial charge in [-0.15, -0.1) is 0 Å². The zero-order valence-corrected chi connectivity index (χ0v) is 14.5. The van der Waals surface area contributed by atoms with Gasteiger partial charge in [-0.25, -0.2) is 9.97 Å². The van der Waals surface area contributed by atoms with Gasteiger partial charge in [-0.3, -0.25) is 4.98 Å². The summed E-state index contributed by atoms with van der Waals surface area (Å²) in [5, 5.41) is 3.75. The maximum atomic E-state index is 6.21. The van der Waals surface area contributed by atoms with Gasteiger partial charge in [0.15, 0.2) is 0 Å². The van der Waals surface area contributed by atoms with Crippen molar-refractivity contribution in [2.24, 2.45) is 0 Å². The third-order valence-electron chi connectivity index (χ3n) is 4.42. The summed E-state index contributed by atoms with van der Waals surface area (Å²) in [5.74, 6) is 1.86. The third kappa shape index (κ3) is 3.98. The minimum absolute atomic E-state index is 0.325. The van der Waals surface area contributed by atoms with E-state index in [2.05, 4.69) is 39.1 Å². The minimum Gasteiger partial charge on any atom is -0.339 e. The molecule has 2 unspecified atom stereocenters. The largest absolute Gasteiger partial charge is 0.339 e. The highest BCUT2D eigenvalue weighted by atomic mass is 35.5. The zero-order chi connectivity index (χ0) is 16.4. The lowest BCUT2D eigenvalue weighted by Gasteiger charge is -2.34. The first-order valence-electron chi connectivity index (χ1n) is 7.94. The average molecular weight is 332 g/mol. The number of halogens is 1. The second kappa shape index (κ2) is 6.81. The minimum atomic E-state index is 0.325. The lowest BCUT2D eigenvalue weighted by Crippen LogP contribution is -2.38. The van der Waals surface area contributed by atoms with Crippen LogP contribution in [0.2, 0.25) is 5.15 Å². The summed E-state index contributed by atoms with van der Waals surface area (Å²) < 4.78 is 0. The number of likely N-dealkylation sites (N-methyl/N-ethyl adjacent to an activating group) is 1. The van der Waals surface area contributed by atoms with Crippen LogP contribution in [0.25, 0.3) is 0 Å². The highest BCUT2D eigenvalue weighted by Gasteiger charge is 2.26. The van der Waals surface area contributed by atoms with E-state index in [9.17, 15) is 0 Å². The monoisotopic (exact) mass is 331 g/mol. The van der Waals surface area contributed by atoms with Crippen molar-refractivity contribution in [1.29, 1.82) is 0 Å². The van der Waals surface area contributed by atoms with Crippen molar-refractivity contribution in [3.63, 3.8) is 0 Å². The van der Waals surface area contributed by atoms with Gasteiger partial charge >= 0.3 is 0 Å². The van der Waals surface area contributed by atoms with E-state index in [0.717, 1.165) is 36.5 Å². The van der Waals surface area contributed by atoms with E-state index in [0.29, 0.717) is 22.9 Å². The average Bonchev–Trinajstić information content (AvgIpc) is 2.49. The second-order valence-corrected chi connectivity index (χ2v) is 6.76. The van der Waals surface area contributed by atoms with E-state index >= 15 is 0 Å². The third-order valence-corrected chi connectivity index (χ3v) is 4.61. The van der Waals surface area contributed by atoms with E-state index in [1.807, 2.05) is 19.2 Å². The summed E-state index contributed by atoms with van der Waals surface area (Å²) in [6, 6.07) is 4.39. The zero-order valence-electron chi connectivity index (χ0n) is 13.8. The normalized spacial score (nSPS) is 22.1. The van der Waals surface area contributed by atoms with Crippen LogP contribution in [0, 0.1) is 6.92 Å². The number of rotatable bonds is 3. The molecule has 6 heteroatoms. The van der Waals surface area contributed by atoms with Gasteiger partial charge in [0.05, 0.1) is 11.9 Å². The molecule has 0 aromatic carbocycles. The maximum Gasteiger partial charge on any atom is 0.136 e. The van der Waals surface area contributed by atoms with Crippen molar-refractivity contribution in [2.75, 3.05) is 18.9 Å². The fourth-order valence-corrected chi connectivity index (χ4v) is 3.14. The number of nitrogens with one attached hydrogen (secondary N) is 1. The van der Waals surface area contributed by atoms with Crippen molar-refractivity contribution in [1.82, 2.24) is 19.9 Å². The molecule has 3 rings (SSSR count). The summed E-state index contributed by atoms with van der Waals surface area (Å²) in [7, 11) is 2.15. The van der Waals surface area contributed by atoms with Crippen LogP contribution in [0.5, 0.6) is 0 Å². The maximum absolute atomic E-state index is 6.21. The fraction of sp³-hybridized carbons (Fsp3) is 0.471. The Morgan fingerprint density at radius 1 is 1.22 bits per heavy atom. The molecule has 122 valence electrons. The summed E-state index contributed by atoms with van der Waals surface area (Å²) >= 11 is 6.21. The Morgan fingerprint density at radius 3 is 2.78 bits per heavy atom. The molecule has 0 bridgehead atoms. The highest BCUT2D eigenvalue weighted by Crippen LogP contribution is 2.29. The summed E-state index contributed by atoms with van der Waals surface area (Å²) in [6.45, 7) is 5.23. The van der Waals surface area contributed by atoms with Gasteiger partial charge in [-0.2, -0.15) is 0 Å². The van der Waals surface area contributed by atoms with Crippen molar-refractivity contribution in [2.45, 2.75) is 38.6 Å². The van der Waals surface area contributed by atoms with Crippen molar-refractivity contribution in [3.05, 3.63) is 41.1 Å². The smallest absolute Gasteiger partial charge is 0.136 e. The Bertz CT molecular complexity index is 690. The Labute approximate surface area is 142 Å². The number of aromatic nitrogens is 3. The molecule has 0 spiro atoms. The van der Waals surface area contributed by atoms with Crippen molar-refractivity contribution >= 4 is 23.1 Å². The topological polar surface area (TPSA) is 53.9 Å². The number of likely N-dealkylation sites (tertiary alicyclic amines) is 1. The lowest BCUT2D eigenvalue weighted by molar-refractivity contribution is 0.177. The van der Waals surface area contributed by atoms with Gasteiger partial charge < -0.3 is 10.2 Å². The number of hydrogen-bond acceptors (Lipinski definition) is 5. The van der Waals surface area contributed by atoms with E-state index in [1.54, 1.807) is 12.3 Å². The summed E-state index contributed by atoms with van der Waals surface area (Å²) in [5.41, 5.74) is 2.00. The van der Waals surface area contributed by atoms with Gasteiger partial charge in [0.25, 0.3) is 0 Å². The Morgan fingerprint density at radius 2 is 2.04 bits per heavy atom. The molecule has 0 amide bonds. The van der Waals surface area contributed by atoms with E-state index < -0.39 is 0 Å². The molecule has 1 saturated heterocycles. The molecule has 1 fully saturated rings. The molecule has 5 nitrogen and oxygen atoms in total. The van der Waals surface area contributed by atoms with E-state index in [1.165, 1.54) is 0 Å². The SMILES string of the molecule is Cc1cncc(Nc2cc(Cl)nc(C3CCC(C)N(C)C3)n2)c1. The van der Waals surface area contributed by atoms with Crippen LogP contribution in [0.3, 0.4) is 0 Å². The van der Waals surface area contributed by atoms with Gasteiger partial charge in [0.1, 0.15) is 16.8 Å². The lowest BCUT2D eigenvalue weighted by atomic mass is 9.93. The molecule has 1 aliphatic heterocycles. The first kappa shape index (κ1) is 16.1. The molecule has 2 aromatic heterocycles. The van der Waals surface area contributed by atoms with E-state index in [4.69, 9.17) is 11.6 Å². The summed E-state index contributed by atoms with van der Waals surface area (Å²) in [6.07, 6.45) is 5.85. The molecular weight excluding hydrogens is 310 g/mol.